The Balaban J connectivity index is 2.39. The van der Waals surface area contributed by atoms with Gasteiger partial charge in [-0.15, -0.1) is 0 Å². The summed E-state index contributed by atoms with van der Waals surface area (Å²) in [6.45, 7) is 1.17. The van der Waals surface area contributed by atoms with Crippen molar-refractivity contribution in [2.24, 2.45) is 0 Å². The predicted octanol–water partition coefficient (Wildman–Crippen LogP) is 0.731. The van der Waals surface area contributed by atoms with Crippen molar-refractivity contribution in [1.82, 2.24) is 5.32 Å². The van der Waals surface area contributed by atoms with Gasteiger partial charge < -0.3 is 9.84 Å². The van der Waals surface area contributed by atoms with Gasteiger partial charge in [0.25, 0.3) is 6.29 Å². The van der Waals surface area contributed by atoms with Crippen LogP contribution < -0.4 is 5.32 Å². The van der Waals surface area contributed by atoms with E-state index in [0.717, 1.165) is 12.5 Å². The number of hydrogen-bond acceptors (Lipinski definition) is 4. The average molecular weight is 222 g/mol. The predicted molar refractivity (Wildman–Crippen MR) is 56.1 cm³/mol. The fourth-order valence-corrected chi connectivity index (χ4v) is 0.983. The molecule has 0 fully saturated rings. The highest BCUT2D eigenvalue weighted by Crippen LogP contribution is 2.01. The lowest BCUT2D eigenvalue weighted by molar-refractivity contribution is 0.0690. The van der Waals surface area contributed by atoms with Gasteiger partial charge in [-0.25, -0.2) is 4.79 Å². The molecule has 0 aliphatic heterocycles. The molecule has 0 heterocycles. The SMILES string of the molecule is CC(O)([C]=O)NC(=O)OCc1ccccc1. The number of carbonyl (C=O) groups is 1. The molecule has 0 aliphatic carbocycles. The number of aliphatic hydroxyl groups is 1. The van der Waals surface area contributed by atoms with Crippen molar-refractivity contribution in [3.63, 3.8) is 0 Å². The number of amides is 1. The molecule has 1 aromatic rings. The minimum absolute atomic E-state index is 0.0710. The van der Waals surface area contributed by atoms with E-state index in [1.165, 1.54) is 6.29 Å². The van der Waals surface area contributed by atoms with E-state index in [9.17, 15) is 9.59 Å². The Morgan fingerprint density at radius 2 is 2.12 bits per heavy atom. The Kier molecular flexibility index (Phi) is 4.02. The zero-order chi connectivity index (χ0) is 12.0. The number of rotatable bonds is 4. The van der Waals surface area contributed by atoms with Gasteiger partial charge in [0.15, 0.2) is 0 Å². The van der Waals surface area contributed by atoms with E-state index >= 15 is 0 Å². The maximum atomic E-state index is 11.1. The van der Waals surface area contributed by atoms with Gasteiger partial charge in [0.2, 0.25) is 5.72 Å². The molecule has 85 valence electrons. The van der Waals surface area contributed by atoms with E-state index < -0.39 is 11.8 Å². The van der Waals surface area contributed by atoms with Gasteiger partial charge in [0.1, 0.15) is 6.61 Å². The van der Waals surface area contributed by atoms with Crippen LogP contribution in [-0.4, -0.2) is 23.2 Å². The van der Waals surface area contributed by atoms with E-state index in [-0.39, 0.29) is 6.61 Å². The van der Waals surface area contributed by atoms with E-state index in [2.05, 4.69) is 0 Å². The van der Waals surface area contributed by atoms with Crippen LogP contribution in [-0.2, 0) is 16.1 Å². The molecule has 1 rings (SSSR count). The first-order valence-electron chi connectivity index (χ1n) is 4.64. The van der Waals surface area contributed by atoms with Crippen LogP contribution >= 0.6 is 0 Å². The van der Waals surface area contributed by atoms with E-state index in [4.69, 9.17) is 9.84 Å². The zero-order valence-electron chi connectivity index (χ0n) is 8.77. The maximum absolute atomic E-state index is 11.1. The average Bonchev–Trinajstić information content (AvgIpc) is 2.27. The van der Waals surface area contributed by atoms with Gasteiger partial charge in [0.05, 0.1) is 0 Å². The minimum atomic E-state index is -2.02. The summed E-state index contributed by atoms with van der Waals surface area (Å²) in [6, 6.07) is 9.04. The van der Waals surface area contributed by atoms with Crippen molar-refractivity contribution < 1.29 is 19.4 Å². The lowest BCUT2D eigenvalue weighted by Gasteiger charge is -2.16. The van der Waals surface area contributed by atoms with Gasteiger partial charge in [-0.3, -0.25) is 10.1 Å². The fourth-order valence-electron chi connectivity index (χ4n) is 0.983. The lowest BCUT2D eigenvalue weighted by Crippen LogP contribution is -2.47. The first-order valence-corrected chi connectivity index (χ1v) is 4.64. The third-order valence-electron chi connectivity index (χ3n) is 1.76. The van der Waals surface area contributed by atoms with Crippen LogP contribution in [0.15, 0.2) is 30.3 Å². The highest BCUT2D eigenvalue weighted by molar-refractivity contribution is 5.74. The monoisotopic (exact) mass is 222 g/mol. The van der Waals surface area contributed by atoms with E-state index in [0.29, 0.717) is 0 Å². The molecular weight excluding hydrogens is 210 g/mol. The number of benzene rings is 1. The van der Waals surface area contributed by atoms with Crippen LogP contribution in [0.1, 0.15) is 12.5 Å². The third kappa shape index (κ3) is 4.10. The Labute approximate surface area is 93.0 Å². The normalized spacial score (nSPS) is 13.6. The Hall–Kier alpha value is -1.88. The van der Waals surface area contributed by atoms with E-state index in [1.54, 1.807) is 12.1 Å². The lowest BCUT2D eigenvalue weighted by atomic mass is 10.2. The molecule has 5 nitrogen and oxygen atoms in total. The summed E-state index contributed by atoms with van der Waals surface area (Å²) in [7, 11) is 0. The highest BCUT2D eigenvalue weighted by atomic mass is 16.6. The summed E-state index contributed by atoms with van der Waals surface area (Å²) >= 11 is 0. The molecule has 0 aromatic heterocycles. The Morgan fingerprint density at radius 1 is 1.50 bits per heavy atom. The fraction of sp³-hybridized carbons (Fsp3) is 0.273. The molecule has 0 saturated heterocycles. The third-order valence-corrected chi connectivity index (χ3v) is 1.76. The molecule has 16 heavy (non-hydrogen) atoms. The van der Waals surface area contributed by atoms with Crippen LogP contribution in [0, 0.1) is 0 Å². The van der Waals surface area contributed by atoms with Crippen molar-refractivity contribution in [2.75, 3.05) is 0 Å². The van der Waals surface area contributed by atoms with Gasteiger partial charge >= 0.3 is 6.09 Å². The van der Waals surface area contributed by atoms with Crippen LogP contribution in [0.4, 0.5) is 4.79 Å². The first kappa shape index (κ1) is 12.2. The Bertz CT molecular complexity index is 362. The van der Waals surface area contributed by atoms with Crippen molar-refractivity contribution in [2.45, 2.75) is 19.3 Å². The molecule has 1 amide bonds. The summed E-state index contributed by atoms with van der Waals surface area (Å²) in [5, 5.41) is 11.1. The summed E-state index contributed by atoms with van der Waals surface area (Å²) < 4.78 is 4.78. The topological polar surface area (TPSA) is 75.6 Å². The molecule has 5 heteroatoms. The van der Waals surface area contributed by atoms with Crippen molar-refractivity contribution in [3.05, 3.63) is 35.9 Å². The molecule has 1 aromatic carbocycles. The van der Waals surface area contributed by atoms with Crippen molar-refractivity contribution in [3.8, 4) is 0 Å². The minimum Gasteiger partial charge on any atom is -0.445 e. The molecule has 0 aliphatic rings. The van der Waals surface area contributed by atoms with Gasteiger partial charge in [0, 0.05) is 0 Å². The molecular formula is C11H12NO4. The number of ether oxygens (including phenoxy) is 1. The number of alkyl carbamates (subject to hydrolysis) is 1. The molecule has 0 saturated carbocycles. The number of nitrogens with one attached hydrogen (secondary N) is 1. The standard InChI is InChI=1S/C11H12NO4/c1-11(15,8-13)12-10(14)16-7-9-5-3-2-4-6-9/h2-6,15H,7H2,1H3,(H,12,14). The summed E-state index contributed by atoms with van der Waals surface area (Å²) in [6.07, 6.45) is 0.386. The highest BCUT2D eigenvalue weighted by Gasteiger charge is 2.23. The van der Waals surface area contributed by atoms with Crippen LogP contribution in [0.25, 0.3) is 0 Å². The summed E-state index contributed by atoms with van der Waals surface area (Å²) in [5.74, 6) is 0. The van der Waals surface area contributed by atoms with Gasteiger partial charge in [-0.2, -0.15) is 0 Å². The molecule has 1 unspecified atom stereocenters. The number of hydrogen-bond donors (Lipinski definition) is 2. The smallest absolute Gasteiger partial charge is 0.410 e. The first-order chi connectivity index (χ1) is 7.53. The zero-order valence-corrected chi connectivity index (χ0v) is 8.77. The quantitative estimate of drug-likeness (QED) is 0.736. The van der Waals surface area contributed by atoms with Crippen molar-refractivity contribution >= 4 is 12.4 Å². The second-order valence-electron chi connectivity index (χ2n) is 3.36. The summed E-state index contributed by atoms with van der Waals surface area (Å²) in [5.41, 5.74) is -1.21. The van der Waals surface area contributed by atoms with Crippen LogP contribution in [0.3, 0.4) is 0 Å². The number of carbonyl (C=O) groups excluding carboxylic acids is 2. The Morgan fingerprint density at radius 3 is 2.69 bits per heavy atom. The molecule has 1 radical (unpaired) electrons. The second-order valence-corrected chi connectivity index (χ2v) is 3.36. The molecule has 1 atom stereocenters. The molecule has 2 N–H and O–H groups in total. The summed E-state index contributed by atoms with van der Waals surface area (Å²) in [4.78, 5) is 21.3. The molecule has 0 spiro atoms. The van der Waals surface area contributed by atoms with Crippen LogP contribution in [0.5, 0.6) is 0 Å². The largest absolute Gasteiger partial charge is 0.445 e. The van der Waals surface area contributed by atoms with E-state index in [1.807, 2.05) is 23.5 Å². The van der Waals surface area contributed by atoms with Gasteiger partial charge in [-0.1, -0.05) is 30.3 Å². The van der Waals surface area contributed by atoms with Crippen molar-refractivity contribution in [1.29, 1.82) is 0 Å². The second kappa shape index (κ2) is 5.27. The maximum Gasteiger partial charge on any atom is 0.410 e. The molecule has 0 bridgehead atoms. The van der Waals surface area contributed by atoms with Crippen LogP contribution in [0.2, 0.25) is 0 Å². The van der Waals surface area contributed by atoms with Gasteiger partial charge in [-0.05, 0) is 12.5 Å².